The quantitative estimate of drug-likeness (QED) is 0.659. The molecule has 1 atom stereocenters. The van der Waals surface area contributed by atoms with Crippen LogP contribution in [0.1, 0.15) is 29.8 Å². The normalized spacial score (nSPS) is 12.0. The highest BCUT2D eigenvalue weighted by Crippen LogP contribution is 2.32. The van der Waals surface area contributed by atoms with E-state index in [0.29, 0.717) is 22.0 Å². The van der Waals surface area contributed by atoms with Crippen molar-refractivity contribution in [1.82, 2.24) is 10.3 Å². The number of anilines is 1. The Morgan fingerprint density at radius 2 is 1.86 bits per heavy atom. The highest BCUT2D eigenvalue weighted by atomic mass is 32.1. The smallest absolute Gasteiger partial charge is 0.252 e. The van der Waals surface area contributed by atoms with Gasteiger partial charge in [-0.25, -0.2) is 4.98 Å². The number of rotatable bonds is 6. The number of nitrogens with one attached hydrogen (secondary N) is 2. The topological polar surface area (TPSA) is 80.3 Å². The fourth-order valence-corrected chi connectivity index (χ4v) is 3.79. The predicted octanol–water partition coefficient (Wildman–Crippen LogP) is 4.01. The van der Waals surface area contributed by atoms with Crippen LogP contribution in [0.25, 0.3) is 10.2 Å². The van der Waals surface area contributed by atoms with E-state index in [1.807, 2.05) is 51.1 Å². The van der Waals surface area contributed by atoms with Crippen LogP contribution in [0.15, 0.2) is 42.5 Å². The molecule has 2 amide bonds. The van der Waals surface area contributed by atoms with E-state index in [9.17, 15) is 9.59 Å². The van der Waals surface area contributed by atoms with Crippen molar-refractivity contribution in [2.24, 2.45) is 5.92 Å². The minimum absolute atomic E-state index is 0.0862. The van der Waals surface area contributed by atoms with Gasteiger partial charge in [-0.05, 0) is 36.6 Å². The van der Waals surface area contributed by atoms with Crippen LogP contribution in [-0.2, 0) is 4.79 Å². The van der Waals surface area contributed by atoms with Gasteiger partial charge in [0.15, 0.2) is 5.13 Å². The fraction of sp³-hybridized carbons (Fsp3) is 0.286. The number of aryl methyl sites for hydroxylation is 1. The average Bonchev–Trinajstić information content (AvgIpc) is 3.08. The zero-order valence-corrected chi connectivity index (χ0v) is 17.1. The summed E-state index contributed by atoms with van der Waals surface area (Å²) in [5, 5.41) is 6.16. The molecular weight excluding hydrogens is 374 g/mol. The Morgan fingerprint density at radius 3 is 2.54 bits per heavy atom. The minimum atomic E-state index is -0.680. The summed E-state index contributed by atoms with van der Waals surface area (Å²) >= 11 is 1.37. The van der Waals surface area contributed by atoms with E-state index in [1.54, 1.807) is 19.2 Å². The number of nitrogens with zero attached hydrogens (tertiary/aromatic N) is 1. The molecule has 0 aliphatic rings. The number of ether oxygens (including phenoxy) is 1. The maximum Gasteiger partial charge on any atom is 0.252 e. The van der Waals surface area contributed by atoms with Crippen molar-refractivity contribution in [2.75, 3.05) is 12.4 Å². The highest BCUT2D eigenvalue weighted by molar-refractivity contribution is 7.22. The summed E-state index contributed by atoms with van der Waals surface area (Å²) in [7, 11) is 1.59. The first-order valence-corrected chi connectivity index (χ1v) is 9.83. The van der Waals surface area contributed by atoms with Crippen molar-refractivity contribution in [3.63, 3.8) is 0 Å². The van der Waals surface area contributed by atoms with Crippen LogP contribution >= 0.6 is 11.3 Å². The molecule has 0 saturated carbocycles. The lowest BCUT2D eigenvalue weighted by Crippen LogP contribution is -2.47. The van der Waals surface area contributed by atoms with Crippen LogP contribution < -0.4 is 15.4 Å². The highest BCUT2D eigenvalue weighted by Gasteiger charge is 2.26. The molecule has 0 aliphatic heterocycles. The monoisotopic (exact) mass is 397 g/mol. The zero-order valence-electron chi connectivity index (χ0n) is 16.3. The van der Waals surface area contributed by atoms with Gasteiger partial charge < -0.3 is 15.4 Å². The molecule has 2 aromatic carbocycles. The maximum atomic E-state index is 12.8. The Labute approximate surface area is 167 Å². The number of amides is 2. The van der Waals surface area contributed by atoms with Gasteiger partial charge in [-0.15, -0.1) is 0 Å². The molecule has 2 N–H and O–H groups in total. The lowest BCUT2D eigenvalue weighted by atomic mass is 10.0. The second-order valence-corrected chi connectivity index (χ2v) is 7.86. The Morgan fingerprint density at radius 1 is 1.11 bits per heavy atom. The Kier molecular flexibility index (Phi) is 5.94. The number of benzene rings is 2. The molecule has 0 fully saturated rings. The number of carbonyl (C=O) groups excluding carboxylic acids is 2. The van der Waals surface area contributed by atoms with Gasteiger partial charge in [0.25, 0.3) is 5.91 Å². The summed E-state index contributed by atoms with van der Waals surface area (Å²) in [6.45, 7) is 5.65. The number of carbonyl (C=O) groups is 2. The van der Waals surface area contributed by atoms with E-state index in [-0.39, 0.29) is 17.7 Å². The molecular formula is C21H23N3O3S. The van der Waals surface area contributed by atoms with Crippen LogP contribution in [0.4, 0.5) is 5.13 Å². The lowest BCUT2D eigenvalue weighted by molar-refractivity contribution is -0.118. The van der Waals surface area contributed by atoms with Crippen LogP contribution in [-0.4, -0.2) is 29.9 Å². The maximum absolute atomic E-state index is 12.8. The summed E-state index contributed by atoms with van der Waals surface area (Å²) in [6, 6.07) is 12.2. The number of methoxy groups -OCH3 is 1. The number of hydrogen-bond donors (Lipinski definition) is 2. The first kappa shape index (κ1) is 19.8. The molecule has 0 bridgehead atoms. The van der Waals surface area contributed by atoms with E-state index in [4.69, 9.17) is 4.74 Å². The molecule has 146 valence electrons. The van der Waals surface area contributed by atoms with Crippen LogP contribution in [0, 0.1) is 12.8 Å². The molecule has 3 rings (SSSR count). The first-order valence-electron chi connectivity index (χ1n) is 9.01. The fourth-order valence-electron chi connectivity index (χ4n) is 2.91. The van der Waals surface area contributed by atoms with Gasteiger partial charge in [-0.2, -0.15) is 0 Å². The van der Waals surface area contributed by atoms with Gasteiger partial charge in [-0.1, -0.05) is 49.4 Å². The number of para-hydroxylation sites is 1. The van der Waals surface area contributed by atoms with Gasteiger partial charge >= 0.3 is 0 Å². The molecule has 0 aliphatic carbocycles. The van der Waals surface area contributed by atoms with Gasteiger partial charge in [-0.3, -0.25) is 9.59 Å². The second-order valence-electron chi connectivity index (χ2n) is 6.83. The first-order chi connectivity index (χ1) is 13.4. The van der Waals surface area contributed by atoms with Gasteiger partial charge in [0.2, 0.25) is 5.91 Å². The van der Waals surface area contributed by atoms with Crippen LogP contribution in [0.2, 0.25) is 0 Å². The van der Waals surface area contributed by atoms with Crippen molar-refractivity contribution < 1.29 is 14.3 Å². The SMILES string of the molecule is COc1cccc2sc(NC(=O)C(NC(=O)c3ccccc3C)C(C)C)nc12. The molecule has 0 spiro atoms. The molecule has 6 nitrogen and oxygen atoms in total. The van der Waals surface area contributed by atoms with Crippen LogP contribution in [0.5, 0.6) is 5.75 Å². The molecule has 0 radical (unpaired) electrons. The summed E-state index contributed by atoms with van der Waals surface area (Å²) in [6.07, 6.45) is 0. The van der Waals surface area contributed by atoms with E-state index in [0.717, 1.165) is 10.3 Å². The zero-order chi connectivity index (χ0) is 20.3. The van der Waals surface area contributed by atoms with Crippen molar-refractivity contribution in [3.8, 4) is 5.75 Å². The molecule has 3 aromatic rings. The number of fused-ring (bicyclic) bond motifs is 1. The van der Waals surface area contributed by atoms with Gasteiger partial charge in [0, 0.05) is 5.56 Å². The van der Waals surface area contributed by atoms with E-state index < -0.39 is 6.04 Å². The second kappa shape index (κ2) is 8.39. The van der Waals surface area contributed by atoms with Gasteiger partial charge in [0.05, 0.1) is 11.8 Å². The third-order valence-electron chi connectivity index (χ3n) is 4.46. The number of aromatic nitrogens is 1. The minimum Gasteiger partial charge on any atom is -0.494 e. The summed E-state index contributed by atoms with van der Waals surface area (Å²) < 4.78 is 6.24. The third-order valence-corrected chi connectivity index (χ3v) is 5.39. The molecule has 0 saturated heterocycles. The summed E-state index contributed by atoms with van der Waals surface area (Å²) in [5.41, 5.74) is 2.13. The largest absolute Gasteiger partial charge is 0.494 e. The Bertz CT molecular complexity index is 1010. The lowest BCUT2D eigenvalue weighted by Gasteiger charge is -2.21. The van der Waals surface area contributed by atoms with E-state index in [2.05, 4.69) is 15.6 Å². The van der Waals surface area contributed by atoms with Crippen molar-refractivity contribution in [1.29, 1.82) is 0 Å². The van der Waals surface area contributed by atoms with E-state index in [1.165, 1.54) is 11.3 Å². The Balaban J connectivity index is 1.78. The predicted molar refractivity (Wildman–Crippen MR) is 112 cm³/mol. The standard InChI is InChI=1S/C21H23N3O3S/c1-12(2)17(22-19(25)14-9-6-5-8-13(14)3)20(26)24-21-23-18-15(27-4)10-7-11-16(18)28-21/h5-12,17H,1-4H3,(H,22,25)(H,23,24,26). The Hall–Kier alpha value is -2.93. The van der Waals surface area contributed by atoms with E-state index >= 15 is 0 Å². The van der Waals surface area contributed by atoms with Crippen molar-refractivity contribution >= 4 is 38.5 Å². The van der Waals surface area contributed by atoms with Crippen molar-refractivity contribution in [3.05, 3.63) is 53.6 Å². The summed E-state index contributed by atoms with van der Waals surface area (Å²) in [5.74, 6) is 0.00673. The average molecular weight is 398 g/mol. The van der Waals surface area contributed by atoms with Gasteiger partial charge in [0.1, 0.15) is 17.3 Å². The van der Waals surface area contributed by atoms with Crippen molar-refractivity contribution in [2.45, 2.75) is 26.8 Å². The molecule has 1 unspecified atom stereocenters. The molecule has 1 heterocycles. The third kappa shape index (κ3) is 4.14. The molecule has 7 heteroatoms. The summed E-state index contributed by atoms with van der Waals surface area (Å²) in [4.78, 5) is 30.0. The van der Waals surface area contributed by atoms with Crippen LogP contribution in [0.3, 0.4) is 0 Å². The molecule has 28 heavy (non-hydrogen) atoms. The molecule has 1 aromatic heterocycles. The number of hydrogen-bond acceptors (Lipinski definition) is 5. The number of thiazole rings is 1.